The van der Waals surface area contributed by atoms with Gasteiger partial charge in [0.25, 0.3) is 0 Å². The minimum Gasteiger partial charge on any atom is -0.497 e. The molecule has 0 fully saturated rings. The fourth-order valence-corrected chi connectivity index (χ4v) is 3.15. The van der Waals surface area contributed by atoms with Crippen LogP contribution in [0.1, 0.15) is 31.5 Å². The number of aromatic nitrogens is 1. The molecule has 0 atom stereocenters. The van der Waals surface area contributed by atoms with E-state index in [0.717, 1.165) is 34.5 Å². The topological polar surface area (TPSA) is 22.1 Å². The molecule has 2 aromatic rings. The molecule has 1 aromatic heterocycles. The van der Waals surface area contributed by atoms with Crippen LogP contribution >= 0.6 is 11.6 Å². The lowest BCUT2D eigenvalue weighted by Gasteiger charge is -2.31. The molecule has 19 heavy (non-hydrogen) atoms. The van der Waals surface area contributed by atoms with E-state index in [4.69, 9.17) is 21.3 Å². The zero-order chi connectivity index (χ0) is 13.6. The van der Waals surface area contributed by atoms with E-state index in [1.54, 1.807) is 7.11 Å². The predicted octanol–water partition coefficient (Wildman–Crippen LogP) is 4.41. The van der Waals surface area contributed by atoms with Crippen LogP contribution < -0.4 is 4.74 Å². The lowest BCUT2D eigenvalue weighted by atomic mass is 9.76. The summed E-state index contributed by atoms with van der Waals surface area (Å²) in [4.78, 5) is 4.78. The van der Waals surface area contributed by atoms with E-state index in [1.165, 1.54) is 17.7 Å². The number of nitrogens with zero attached hydrogens (tertiary/aromatic N) is 1. The fourth-order valence-electron chi connectivity index (χ4n) is 2.83. The van der Waals surface area contributed by atoms with Gasteiger partial charge >= 0.3 is 0 Å². The van der Waals surface area contributed by atoms with Crippen molar-refractivity contribution in [3.05, 3.63) is 34.5 Å². The van der Waals surface area contributed by atoms with Gasteiger partial charge in [-0.05, 0) is 48.4 Å². The standard InChI is InChI=1S/C16H18ClNO/c1-16(2)7-6-14-12(9-16)15(17)11-8-10(19-3)4-5-13(11)18-14/h4-5,8H,6-7,9H2,1-3H3. The highest BCUT2D eigenvalue weighted by Crippen LogP contribution is 2.40. The van der Waals surface area contributed by atoms with Gasteiger partial charge in [0.05, 0.1) is 17.6 Å². The van der Waals surface area contributed by atoms with Gasteiger partial charge in [-0.3, -0.25) is 4.98 Å². The van der Waals surface area contributed by atoms with Gasteiger partial charge in [-0.1, -0.05) is 25.4 Å². The zero-order valence-corrected chi connectivity index (χ0v) is 12.3. The summed E-state index contributed by atoms with van der Waals surface area (Å²) >= 11 is 6.62. The smallest absolute Gasteiger partial charge is 0.119 e. The maximum Gasteiger partial charge on any atom is 0.119 e. The van der Waals surface area contributed by atoms with Gasteiger partial charge in [0.2, 0.25) is 0 Å². The molecule has 0 spiro atoms. The summed E-state index contributed by atoms with van der Waals surface area (Å²) in [6, 6.07) is 5.90. The molecule has 3 rings (SSSR count). The van der Waals surface area contributed by atoms with E-state index in [1.807, 2.05) is 18.2 Å². The first kappa shape index (κ1) is 12.7. The molecule has 3 heteroatoms. The molecule has 0 radical (unpaired) electrons. The lowest BCUT2D eigenvalue weighted by Crippen LogP contribution is -2.23. The van der Waals surface area contributed by atoms with Crippen molar-refractivity contribution in [1.29, 1.82) is 0 Å². The number of methoxy groups -OCH3 is 1. The summed E-state index contributed by atoms with van der Waals surface area (Å²) in [5.74, 6) is 0.825. The van der Waals surface area contributed by atoms with Crippen LogP contribution in [0.2, 0.25) is 5.02 Å². The number of pyridine rings is 1. The number of benzene rings is 1. The number of rotatable bonds is 1. The van der Waals surface area contributed by atoms with Crippen LogP contribution in [0.25, 0.3) is 10.9 Å². The average molecular weight is 276 g/mol. The number of ether oxygens (including phenoxy) is 1. The average Bonchev–Trinajstić information content (AvgIpc) is 2.39. The number of aryl methyl sites for hydroxylation is 1. The summed E-state index contributed by atoms with van der Waals surface area (Å²) in [6.45, 7) is 4.59. The van der Waals surface area contributed by atoms with Gasteiger partial charge in [0, 0.05) is 11.1 Å². The van der Waals surface area contributed by atoms with E-state index < -0.39 is 0 Å². The van der Waals surface area contributed by atoms with Crippen LogP contribution in [0.15, 0.2) is 18.2 Å². The van der Waals surface area contributed by atoms with Gasteiger partial charge in [0.1, 0.15) is 5.75 Å². The molecular weight excluding hydrogens is 258 g/mol. The highest BCUT2D eigenvalue weighted by Gasteiger charge is 2.28. The van der Waals surface area contributed by atoms with Crippen molar-refractivity contribution in [3.63, 3.8) is 0 Å². The largest absolute Gasteiger partial charge is 0.497 e. The minimum atomic E-state index is 0.310. The van der Waals surface area contributed by atoms with E-state index in [0.29, 0.717) is 5.41 Å². The summed E-state index contributed by atoms with van der Waals surface area (Å²) in [5, 5.41) is 1.85. The molecule has 0 saturated carbocycles. The Labute approximate surface area is 118 Å². The van der Waals surface area contributed by atoms with Gasteiger partial charge in [0.15, 0.2) is 0 Å². The molecular formula is C16H18ClNO. The number of halogens is 1. The van der Waals surface area contributed by atoms with E-state index in [-0.39, 0.29) is 0 Å². The van der Waals surface area contributed by atoms with Gasteiger partial charge in [-0.25, -0.2) is 0 Å². The number of hydrogen-bond donors (Lipinski definition) is 0. The Morgan fingerprint density at radius 3 is 2.84 bits per heavy atom. The third-order valence-corrected chi connectivity index (χ3v) is 4.43. The second-order valence-corrected chi connectivity index (χ2v) is 6.45. The fraction of sp³-hybridized carbons (Fsp3) is 0.438. The second-order valence-electron chi connectivity index (χ2n) is 6.08. The first-order valence-corrected chi connectivity index (χ1v) is 7.03. The Hall–Kier alpha value is -1.28. The van der Waals surface area contributed by atoms with E-state index in [9.17, 15) is 0 Å². The molecule has 0 unspecified atom stereocenters. The van der Waals surface area contributed by atoms with Crippen molar-refractivity contribution < 1.29 is 4.74 Å². The highest BCUT2D eigenvalue weighted by atomic mass is 35.5. The summed E-state index contributed by atoms with van der Waals surface area (Å²) < 4.78 is 5.28. The van der Waals surface area contributed by atoms with Crippen LogP contribution in [-0.2, 0) is 12.8 Å². The molecule has 1 aliphatic carbocycles. The van der Waals surface area contributed by atoms with Crippen LogP contribution in [0, 0.1) is 5.41 Å². The Morgan fingerprint density at radius 1 is 1.32 bits per heavy atom. The predicted molar refractivity (Wildman–Crippen MR) is 79.1 cm³/mol. The Morgan fingerprint density at radius 2 is 2.11 bits per heavy atom. The molecule has 0 aliphatic heterocycles. The molecule has 0 amide bonds. The first-order chi connectivity index (χ1) is 9.00. The van der Waals surface area contributed by atoms with Gasteiger partial charge in [-0.15, -0.1) is 0 Å². The van der Waals surface area contributed by atoms with E-state index >= 15 is 0 Å². The first-order valence-electron chi connectivity index (χ1n) is 6.65. The molecule has 1 aromatic carbocycles. The van der Waals surface area contributed by atoms with Crippen molar-refractivity contribution in [2.75, 3.05) is 7.11 Å². The van der Waals surface area contributed by atoms with Crippen LogP contribution in [0.3, 0.4) is 0 Å². The molecule has 0 bridgehead atoms. The summed E-state index contributed by atoms with van der Waals surface area (Å²) in [7, 11) is 1.67. The normalized spacial score (nSPS) is 17.3. The van der Waals surface area contributed by atoms with Crippen LogP contribution in [0.4, 0.5) is 0 Å². The van der Waals surface area contributed by atoms with Crippen LogP contribution in [0.5, 0.6) is 5.75 Å². The monoisotopic (exact) mass is 275 g/mol. The molecule has 1 aliphatic rings. The second kappa shape index (κ2) is 4.38. The highest BCUT2D eigenvalue weighted by molar-refractivity contribution is 6.36. The van der Waals surface area contributed by atoms with Crippen molar-refractivity contribution in [1.82, 2.24) is 4.98 Å². The summed E-state index contributed by atoms with van der Waals surface area (Å²) in [5.41, 5.74) is 3.66. The van der Waals surface area contributed by atoms with Gasteiger partial charge in [-0.2, -0.15) is 0 Å². The Bertz CT molecular complexity index is 649. The maximum atomic E-state index is 6.62. The molecule has 1 heterocycles. The molecule has 0 N–H and O–H groups in total. The zero-order valence-electron chi connectivity index (χ0n) is 11.6. The van der Waals surface area contributed by atoms with Crippen molar-refractivity contribution in [2.24, 2.45) is 5.41 Å². The third-order valence-electron chi connectivity index (χ3n) is 4.00. The Kier molecular flexibility index (Phi) is 2.94. The van der Waals surface area contributed by atoms with E-state index in [2.05, 4.69) is 13.8 Å². The van der Waals surface area contributed by atoms with Gasteiger partial charge < -0.3 is 4.74 Å². The third kappa shape index (κ3) is 2.18. The number of hydrogen-bond acceptors (Lipinski definition) is 2. The molecule has 100 valence electrons. The maximum absolute atomic E-state index is 6.62. The molecule has 0 saturated heterocycles. The molecule has 2 nitrogen and oxygen atoms in total. The van der Waals surface area contributed by atoms with Crippen molar-refractivity contribution >= 4 is 22.5 Å². The number of fused-ring (bicyclic) bond motifs is 2. The Balaban J connectivity index is 2.23. The van der Waals surface area contributed by atoms with Crippen LogP contribution in [-0.4, -0.2) is 12.1 Å². The lowest BCUT2D eigenvalue weighted by molar-refractivity contribution is 0.313. The van der Waals surface area contributed by atoms with Crippen molar-refractivity contribution in [3.8, 4) is 5.75 Å². The quantitative estimate of drug-likeness (QED) is 0.769. The summed E-state index contributed by atoms with van der Waals surface area (Å²) in [6.07, 6.45) is 3.19. The SMILES string of the molecule is COc1ccc2nc3c(c(Cl)c2c1)CC(C)(C)CC3. The minimum absolute atomic E-state index is 0.310. The van der Waals surface area contributed by atoms with Crippen molar-refractivity contribution in [2.45, 2.75) is 33.1 Å².